The van der Waals surface area contributed by atoms with E-state index < -0.39 is 17.6 Å². The molecular formula is C29H31N3O6. The molecule has 1 fully saturated rings. The summed E-state index contributed by atoms with van der Waals surface area (Å²) in [6.45, 7) is 4.99. The lowest BCUT2D eigenvalue weighted by Gasteiger charge is -2.32. The number of hydrogen-bond donors (Lipinski definition) is 1. The van der Waals surface area contributed by atoms with Crippen molar-refractivity contribution in [1.82, 2.24) is 9.88 Å². The molecule has 0 bridgehead atoms. The molecule has 1 saturated heterocycles. The number of rotatable bonds is 8. The predicted molar refractivity (Wildman–Crippen MR) is 141 cm³/mol. The zero-order valence-corrected chi connectivity index (χ0v) is 21.6. The van der Waals surface area contributed by atoms with Gasteiger partial charge in [-0.05, 0) is 62.2 Å². The van der Waals surface area contributed by atoms with E-state index >= 15 is 0 Å². The van der Waals surface area contributed by atoms with Crippen molar-refractivity contribution in [3.8, 4) is 5.75 Å². The monoisotopic (exact) mass is 517 g/mol. The number of likely N-dealkylation sites (tertiary alicyclic amines) is 1. The molecule has 0 radical (unpaired) electrons. The third-order valence-electron chi connectivity index (χ3n) is 7.32. The lowest BCUT2D eigenvalue weighted by atomic mass is 9.76. The quantitative estimate of drug-likeness (QED) is 0.422. The molecule has 1 aromatic heterocycles. The average molecular weight is 518 g/mol. The number of aryl methyl sites for hydroxylation is 1. The molecule has 3 aromatic rings. The Morgan fingerprint density at radius 1 is 1.18 bits per heavy atom. The molecule has 0 spiro atoms. The standard InChI is InChI=1S/C29H31N3O6/c1-3-36-27(33)16-29(12-13-32(18-29)28(34)35)26-15-25(31-38-26)20-8-10-22(11-9-20)37-17-21-14-19(2)30-24-7-5-4-6-23(21)24/h4-11,14,26H,3,12-13,15-18H2,1-2H3,(H,34,35). The normalized spacial score (nSPS) is 20.7. The maximum atomic E-state index is 12.4. The van der Waals surface area contributed by atoms with Gasteiger partial charge in [0.25, 0.3) is 0 Å². The molecule has 1 amide bonds. The summed E-state index contributed by atoms with van der Waals surface area (Å²) in [7, 11) is 0. The van der Waals surface area contributed by atoms with Gasteiger partial charge in [0.05, 0.1) is 24.3 Å². The van der Waals surface area contributed by atoms with E-state index in [1.54, 1.807) is 6.92 Å². The Kier molecular flexibility index (Phi) is 7.18. The van der Waals surface area contributed by atoms with Gasteiger partial charge in [-0.1, -0.05) is 23.4 Å². The highest BCUT2D eigenvalue weighted by Crippen LogP contribution is 2.43. The van der Waals surface area contributed by atoms with Gasteiger partial charge in [0, 0.05) is 41.6 Å². The third-order valence-corrected chi connectivity index (χ3v) is 7.32. The fraction of sp³-hybridized carbons (Fsp3) is 0.379. The number of aromatic nitrogens is 1. The third kappa shape index (κ3) is 5.27. The molecule has 0 saturated carbocycles. The minimum atomic E-state index is -1.000. The van der Waals surface area contributed by atoms with E-state index in [0.29, 0.717) is 26.0 Å². The van der Waals surface area contributed by atoms with Gasteiger partial charge >= 0.3 is 12.1 Å². The molecule has 2 aliphatic heterocycles. The van der Waals surface area contributed by atoms with Crippen LogP contribution < -0.4 is 4.74 Å². The van der Waals surface area contributed by atoms with E-state index in [1.807, 2.05) is 61.5 Å². The second-order valence-electron chi connectivity index (χ2n) is 9.89. The van der Waals surface area contributed by atoms with E-state index in [0.717, 1.165) is 39.2 Å². The van der Waals surface area contributed by atoms with Crippen LogP contribution >= 0.6 is 0 Å². The van der Waals surface area contributed by atoms with Crippen LogP contribution in [0.4, 0.5) is 4.79 Å². The first-order valence-electron chi connectivity index (χ1n) is 12.8. The van der Waals surface area contributed by atoms with E-state index in [1.165, 1.54) is 4.90 Å². The molecule has 5 rings (SSSR count). The van der Waals surface area contributed by atoms with Crippen LogP contribution in [0.5, 0.6) is 5.75 Å². The Bertz CT molecular complexity index is 1370. The highest BCUT2D eigenvalue weighted by atomic mass is 16.6. The number of carbonyl (C=O) groups excluding carboxylic acids is 1. The van der Waals surface area contributed by atoms with Gasteiger partial charge in [0.2, 0.25) is 0 Å². The minimum absolute atomic E-state index is 0.0913. The smallest absolute Gasteiger partial charge is 0.407 e. The summed E-state index contributed by atoms with van der Waals surface area (Å²) < 4.78 is 11.3. The second kappa shape index (κ2) is 10.7. The Balaban J connectivity index is 1.25. The lowest BCUT2D eigenvalue weighted by molar-refractivity contribution is -0.148. The molecular weight excluding hydrogens is 486 g/mol. The van der Waals surface area contributed by atoms with Gasteiger partial charge in [-0.3, -0.25) is 9.78 Å². The summed E-state index contributed by atoms with van der Waals surface area (Å²) in [5.74, 6) is 0.380. The zero-order chi connectivity index (χ0) is 26.7. The fourth-order valence-corrected chi connectivity index (χ4v) is 5.37. The summed E-state index contributed by atoms with van der Waals surface area (Å²) in [5, 5.41) is 14.9. The summed E-state index contributed by atoms with van der Waals surface area (Å²) in [5.41, 5.74) is 3.95. The number of esters is 1. The molecule has 2 aromatic carbocycles. The highest BCUT2D eigenvalue weighted by molar-refractivity contribution is 6.01. The molecule has 2 atom stereocenters. The zero-order valence-electron chi connectivity index (χ0n) is 21.6. The van der Waals surface area contributed by atoms with Gasteiger partial charge < -0.3 is 24.3 Å². The Morgan fingerprint density at radius 2 is 1.97 bits per heavy atom. The number of pyridine rings is 1. The number of carbonyl (C=O) groups is 2. The number of nitrogens with zero attached hydrogens (tertiary/aromatic N) is 3. The molecule has 9 heteroatoms. The van der Waals surface area contributed by atoms with Crippen molar-refractivity contribution in [2.75, 3.05) is 19.7 Å². The molecule has 0 aliphatic carbocycles. The highest BCUT2D eigenvalue weighted by Gasteiger charge is 2.51. The SMILES string of the molecule is CCOC(=O)CC1(C2CC(c3ccc(OCc4cc(C)nc5ccccc45)cc3)=NO2)CCN(C(=O)O)C1. The number of carboxylic acid groups (broad SMARTS) is 1. The van der Waals surface area contributed by atoms with Gasteiger partial charge in [0.1, 0.15) is 18.5 Å². The number of hydrogen-bond acceptors (Lipinski definition) is 7. The van der Waals surface area contributed by atoms with E-state index in [2.05, 4.69) is 10.1 Å². The minimum Gasteiger partial charge on any atom is -0.489 e. The fourth-order valence-electron chi connectivity index (χ4n) is 5.37. The lowest BCUT2D eigenvalue weighted by Crippen LogP contribution is -2.41. The first-order valence-corrected chi connectivity index (χ1v) is 12.8. The second-order valence-corrected chi connectivity index (χ2v) is 9.89. The average Bonchev–Trinajstić information content (AvgIpc) is 3.57. The van der Waals surface area contributed by atoms with Crippen LogP contribution in [0, 0.1) is 12.3 Å². The maximum absolute atomic E-state index is 12.4. The van der Waals surface area contributed by atoms with Crippen molar-refractivity contribution in [2.45, 2.75) is 45.8 Å². The maximum Gasteiger partial charge on any atom is 0.407 e. The summed E-state index contributed by atoms with van der Waals surface area (Å²) in [4.78, 5) is 35.7. The van der Waals surface area contributed by atoms with Gasteiger partial charge in [-0.15, -0.1) is 0 Å². The predicted octanol–water partition coefficient (Wildman–Crippen LogP) is 4.94. The summed E-state index contributed by atoms with van der Waals surface area (Å²) in [6, 6.07) is 17.7. The van der Waals surface area contributed by atoms with Crippen LogP contribution in [0.1, 0.15) is 43.0 Å². The Labute approximate surface area is 221 Å². The van der Waals surface area contributed by atoms with Gasteiger partial charge in [-0.25, -0.2) is 4.79 Å². The van der Waals surface area contributed by atoms with E-state index in [9.17, 15) is 14.7 Å². The topological polar surface area (TPSA) is 111 Å². The molecule has 2 unspecified atom stereocenters. The van der Waals surface area contributed by atoms with E-state index in [-0.39, 0.29) is 25.5 Å². The van der Waals surface area contributed by atoms with Crippen LogP contribution in [0.15, 0.2) is 59.8 Å². The van der Waals surface area contributed by atoms with Gasteiger partial charge in [0.15, 0.2) is 0 Å². The summed E-state index contributed by atoms with van der Waals surface area (Å²) >= 11 is 0. The van der Waals surface area contributed by atoms with Crippen molar-refractivity contribution in [3.63, 3.8) is 0 Å². The number of benzene rings is 2. The Morgan fingerprint density at radius 3 is 2.71 bits per heavy atom. The van der Waals surface area contributed by atoms with Crippen LogP contribution in [0.3, 0.4) is 0 Å². The van der Waals surface area contributed by atoms with Crippen LogP contribution in [-0.4, -0.2) is 58.6 Å². The van der Waals surface area contributed by atoms with Crippen molar-refractivity contribution in [1.29, 1.82) is 0 Å². The largest absolute Gasteiger partial charge is 0.489 e. The summed E-state index contributed by atoms with van der Waals surface area (Å²) in [6.07, 6.45) is -0.323. The van der Waals surface area contributed by atoms with Crippen LogP contribution in [0.2, 0.25) is 0 Å². The van der Waals surface area contributed by atoms with Crippen molar-refractivity contribution in [2.24, 2.45) is 10.6 Å². The van der Waals surface area contributed by atoms with E-state index in [4.69, 9.17) is 14.3 Å². The van der Waals surface area contributed by atoms with Gasteiger partial charge in [-0.2, -0.15) is 0 Å². The number of para-hydroxylation sites is 1. The Hall–Kier alpha value is -4.14. The first kappa shape index (κ1) is 25.5. The number of ether oxygens (including phenoxy) is 2. The van der Waals surface area contributed by atoms with Crippen molar-refractivity contribution in [3.05, 3.63) is 71.4 Å². The number of fused-ring (bicyclic) bond motifs is 1. The van der Waals surface area contributed by atoms with Crippen molar-refractivity contribution >= 4 is 28.7 Å². The number of oxime groups is 1. The van der Waals surface area contributed by atoms with Crippen LogP contribution in [-0.2, 0) is 21.0 Å². The molecule has 9 nitrogen and oxygen atoms in total. The van der Waals surface area contributed by atoms with Crippen molar-refractivity contribution < 1.29 is 29.0 Å². The number of amides is 1. The molecule has 2 aliphatic rings. The van der Waals surface area contributed by atoms with Crippen LogP contribution in [0.25, 0.3) is 10.9 Å². The molecule has 38 heavy (non-hydrogen) atoms. The molecule has 3 heterocycles. The molecule has 1 N–H and O–H groups in total. The molecule has 198 valence electrons. The first-order chi connectivity index (χ1) is 18.4.